The van der Waals surface area contributed by atoms with Crippen LogP contribution in [0.2, 0.25) is 0 Å². The molecule has 2 N–H and O–H groups in total. The number of ether oxygens (including phenoxy) is 1. The third kappa shape index (κ3) is 2.56. The SMILES string of the molecule is CCN(CC1CCCO1)c1ccnc2cc(N)ccc12. The van der Waals surface area contributed by atoms with Crippen LogP contribution in [0, 0.1) is 0 Å². The first-order valence-electron chi connectivity index (χ1n) is 7.28. The molecular formula is C16H21N3O. The van der Waals surface area contributed by atoms with Crippen molar-refractivity contribution in [2.24, 2.45) is 0 Å². The first-order chi connectivity index (χ1) is 9.78. The quantitative estimate of drug-likeness (QED) is 0.869. The van der Waals surface area contributed by atoms with Gasteiger partial charge >= 0.3 is 0 Å². The van der Waals surface area contributed by atoms with Gasteiger partial charge in [0.05, 0.1) is 11.6 Å². The van der Waals surface area contributed by atoms with Crippen LogP contribution in [-0.2, 0) is 4.74 Å². The van der Waals surface area contributed by atoms with E-state index < -0.39 is 0 Å². The van der Waals surface area contributed by atoms with Crippen molar-refractivity contribution in [1.29, 1.82) is 0 Å². The van der Waals surface area contributed by atoms with Gasteiger partial charge in [0.1, 0.15) is 0 Å². The van der Waals surface area contributed by atoms with Crippen molar-refractivity contribution < 1.29 is 4.74 Å². The van der Waals surface area contributed by atoms with Gasteiger partial charge in [-0.15, -0.1) is 0 Å². The number of anilines is 2. The van der Waals surface area contributed by atoms with E-state index in [1.807, 2.05) is 18.3 Å². The molecule has 1 aromatic carbocycles. The molecule has 3 rings (SSSR count). The lowest BCUT2D eigenvalue weighted by atomic mass is 10.1. The van der Waals surface area contributed by atoms with Crippen LogP contribution in [0.3, 0.4) is 0 Å². The minimum absolute atomic E-state index is 0.354. The number of benzene rings is 1. The topological polar surface area (TPSA) is 51.4 Å². The van der Waals surface area contributed by atoms with Gasteiger partial charge in [-0.05, 0) is 44.0 Å². The maximum Gasteiger partial charge on any atom is 0.0750 e. The summed E-state index contributed by atoms with van der Waals surface area (Å²) >= 11 is 0. The molecule has 0 spiro atoms. The molecule has 0 saturated carbocycles. The van der Waals surface area contributed by atoms with E-state index in [9.17, 15) is 0 Å². The Bertz CT molecular complexity index is 593. The molecule has 2 heterocycles. The highest BCUT2D eigenvalue weighted by Gasteiger charge is 2.19. The minimum atomic E-state index is 0.354. The summed E-state index contributed by atoms with van der Waals surface area (Å²) in [5, 5.41) is 1.15. The lowest BCUT2D eigenvalue weighted by Gasteiger charge is -2.27. The van der Waals surface area contributed by atoms with E-state index in [4.69, 9.17) is 10.5 Å². The van der Waals surface area contributed by atoms with Crippen molar-refractivity contribution in [3.63, 3.8) is 0 Å². The van der Waals surface area contributed by atoms with Gasteiger partial charge in [0, 0.05) is 42.7 Å². The maximum absolute atomic E-state index is 5.84. The molecule has 0 bridgehead atoms. The molecule has 0 radical (unpaired) electrons. The maximum atomic E-state index is 5.84. The van der Waals surface area contributed by atoms with Crippen molar-refractivity contribution in [1.82, 2.24) is 4.98 Å². The second-order valence-corrected chi connectivity index (χ2v) is 5.28. The molecule has 0 amide bonds. The summed E-state index contributed by atoms with van der Waals surface area (Å²) in [4.78, 5) is 6.78. The molecule has 1 aliphatic rings. The Hall–Kier alpha value is -1.81. The fourth-order valence-corrected chi connectivity index (χ4v) is 2.86. The van der Waals surface area contributed by atoms with Crippen LogP contribution in [0.5, 0.6) is 0 Å². The van der Waals surface area contributed by atoms with Crippen LogP contribution < -0.4 is 10.6 Å². The summed E-state index contributed by atoms with van der Waals surface area (Å²) in [7, 11) is 0. The average molecular weight is 271 g/mol. The highest BCUT2D eigenvalue weighted by atomic mass is 16.5. The Morgan fingerprint density at radius 1 is 1.40 bits per heavy atom. The van der Waals surface area contributed by atoms with E-state index in [1.54, 1.807) is 0 Å². The van der Waals surface area contributed by atoms with Gasteiger partial charge in [-0.25, -0.2) is 0 Å². The van der Waals surface area contributed by atoms with Crippen molar-refractivity contribution in [2.75, 3.05) is 30.3 Å². The molecule has 20 heavy (non-hydrogen) atoms. The zero-order chi connectivity index (χ0) is 13.9. The van der Waals surface area contributed by atoms with E-state index in [2.05, 4.69) is 28.9 Å². The predicted molar refractivity (Wildman–Crippen MR) is 83.0 cm³/mol. The van der Waals surface area contributed by atoms with E-state index in [0.717, 1.165) is 42.7 Å². The van der Waals surface area contributed by atoms with Crippen LogP contribution in [0.15, 0.2) is 30.5 Å². The van der Waals surface area contributed by atoms with Gasteiger partial charge in [-0.2, -0.15) is 0 Å². The molecule has 1 aromatic heterocycles. The lowest BCUT2D eigenvalue weighted by Crippen LogP contribution is -2.32. The summed E-state index contributed by atoms with van der Waals surface area (Å²) < 4.78 is 5.76. The molecule has 106 valence electrons. The number of rotatable bonds is 4. The fraction of sp³-hybridized carbons (Fsp3) is 0.438. The zero-order valence-electron chi connectivity index (χ0n) is 11.9. The second-order valence-electron chi connectivity index (χ2n) is 5.28. The van der Waals surface area contributed by atoms with Crippen LogP contribution >= 0.6 is 0 Å². The Kier molecular flexibility index (Phi) is 3.74. The number of pyridine rings is 1. The van der Waals surface area contributed by atoms with Gasteiger partial charge in [-0.3, -0.25) is 4.98 Å². The number of hydrogen-bond donors (Lipinski definition) is 1. The number of nitrogens with zero attached hydrogens (tertiary/aromatic N) is 2. The van der Waals surface area contributed by atoms with Crippen LogP contribution in [0.1, 0.15) is 19.8 Å². The predicted octanol–water partition coefficient (Wildman–Crippen LogP) is 2.82. The molecule has 1 atom stereocenters. The van der Waals surface area contributed by atoms with Crippen molar-refractivity contribution in [2.45, 2.75) is 25.9 Å². The summed E-state index contributed by atoms with van der Waals surface area (Å²) in [6, 6.07) is 8.01. The Balaban J connectivity index is 1.94. The second kappa shape index (κ2) is 5.67. The molecule has 1 fully saturated rings. The number of hydrogen-bond acceptors (Lipinski definition) is 4. The first kappa shape index (κ1) is 13.2. The standard InChI is InChI=1S/C16H21N3O/c1-2-19(11-13-4-3-9-20-13)16-7-8-18-15-10-12(17)5-6-14(15)16/h5-8,10,13H,2-4,9,11,17H2,1H3. The molecule has 1 saturated heterocycles. The number of nitrogen functional groups attached to an aromatic ring is 1. The van der Waals surface area contributed by atoms with Crippen LogP contribution in [0.4, 0.5) is 11.4 Å². The summed E-state index contributed by atoms with van der Waals surface area (Å²) in [5.41, 5.74) is 8.76. The van der Waals surface area contributed by atoms with Gasteiger partial charge in [0.15, 0.2) is 0 Å². The number of fused-ring (bicyclic) bond motifs is 1. The lowest BCUT2D eigenvalue weighted by molar-refractivity contribution is 0.116. The van der Waals surface area contributed by atoms with Gasteiger partial charge in [-0.1, -0.05) is 0 Å². The Morgan fingerprint density at radius 3 is 3.05 bits per heavy atom. The first-order valence-corrected chi connectivity index (χ1v) is 7.28. The summed E-state index contributed by atoms with van der Waals surface area (Å²) in [5.74, 6) is 0. The molecule has 1 aliphatic heterocycles. The van der Waals surface area contributed by atoms with Gasteiger partial charge in [0.25, 0.3) is 0 Å². The van der Waals surface area contributed by atoms with Gasteiger partial charge in [0.2, 0.25) is 0 Å². The molecule has 1 unspecified atom stereocenters. The normalized spacial score (nSPS) is 18.6. The number of likely N-dealkylation sites (N-methyl/N-ethyl adjacent to an activating group) is 1. The van der Waals surface area contributed by atoms with E-state index in [0.29, 0.717) is 6.10 Å². The highest BCUT2D eigenvalue weighted by molar-refractivity contribution is 5.93. The van der Waals surface area contributed by atoms with E-state index in [-0.39, 0.29) is 0 Å². The molecule has 4 heteroatoms. The molecular weight excluding hydrogens is 250 g/mol. The molecule has 0 aliphatic carbocycles. The monoisotopic (exact) mass is 271 g/mol. The summed E-state index contributed by atoms with van der Waals surface area (Å²) in [6.45, 7) is 4.98. The van der Waals surface area contributed by atoms with E-state index in [1.165, 1.54) is 12.1 Å². The molecule has 4 nitrogen and oxygen atoms in total. The Labute approximate surface area is 119 Å². The van der Waals surface area contributed by atoms with Crippen molar-refractivity contribution in [3.05, 3.63) is 30.5 Å². The Morgan fingerprint density at radius 2 is 2.30 bits per heavy atom. The zero-order valence-corrected chi connectivity index (χ0v) is 11.9. The number of nitrogens with two attached hydrogens (primary N) is 1. The third-order valence-electron chi connectivity index (χ3n) is 3.91. The van der Waals surface area contributed by atoms with Crippen LogP contribution in [-0.4, -0.2) is 30.8 Å². The molecule has 2 aromatic rings. The fourth-order valence-electron chi connectivity index (χ4n) is 2.86. The average Bonchev–Trinajstić information content (AvgIpc) is 2.97. The summed E-state index contributed by atoms with van der Waals surface area (Å²) in [6.07, 6.45) is 4.55. The van der Waals surface area contributed by atoms with Crippen LogP contribution in [0.25, 0.3) is 10.9 Å². The van der Waals surface area contributed by atoms with Gasteiger partial charge < -0.3 is 15.4 Å². The largest absolute Gasteiger partial charge is 0.399 e. The van der Waals surface area contributed by atoms with Crippen molar-refractivity contribution in [3.8, 4) is 0 Å². The highest BCUT2D eigenvalue weighted by Crippen LogP contribution is 2.27. The smallest absolute Gasteiger partial charge is 0.0750 e. The number of aromatic nitrogens is 1. The van der Waals surface area contributed by atoms with Crippen molar-refractivity contribution >= 4 is 22.3 Å². The van der Waals surface area contributed by atoms with E-state index >= 15 is 0 Å². The minimum Gasteiger partial charge on any atom is -0.399 e. The third-order valence-corrected chi connectivity index (χ3v) is 3.91.